The average molecular weight is 246 g/mol. The number of benzene rings is 1. The molecule has 96 valence electrons. The fourth-order valence-electron chi connectivity index (χ4n) is 2.55. The van der Waals surface area contributed by atoms with E-state index in [1.807, 2.05) is 18.2 Å². The summed E-state index contributed by atoms with van der Waals surface area (Å²) in [5.74, 6) is 2.31. The molecule has 1 N–H and O–H groups in total. The summed E-state index contributed by atoms with van der Waals surface area (Å²) in [7, 11) is 1.66. The molecule has 4 heteroatoms. The molecule has 0 atom stereocenters. The van der Waals surface area contributed by atoms with Crippen molar-refractivity contribution in [1.29, 1.82) is 0 Å². The summed E-state index contributed by atoms with van der Waals surface area (Å²) in [6.07, 6.45) is 3.34. The van der Waals surface area contributed by atoms with Gasteiger partial charge in [-0.05, 0) is 44.0 Å². The SMILES string of the molecule is COc1cccc2oc(CC3CCNCC3)nc12. The van der Waals surface area contributed by atoms with Crippen LogP contribution < -0.4 is 10.1 Å². The minimum atomic E-state index is 0.685. The third-order valence-corrected chi connectivity index (χ3v) is 3.57. The molecule has 1 saturated heterocycles. The van der Waals surface area contributed by atoms with Crippen LogP contribution in [-0.4, -0.2) is 25.2 Å². The molecular weight excluding hydrogens is 228 g/mol. The van der Waals surface area contributed by atoms with Crippen LogP contribution in [0.15, 0.2) is 22.6 Å². The van der Waals surface area contributed by atoms with E-state index in [4.69, 9.17) is 9.15 Å². The second-order valence-electron chi connectivity index (χ2n) is 4.81. The molecule has 0 aliphatic carbocycles. The monoisotopic (exact) mass is 246 g/mol. The van der Waals surface area contributed by atoms with Crippen molar-refractivity contribution in [3.63, 3.8) is 0 Å². The van der Waals surface area contributed by atoms with Gasteiger partial charge in [0, 0.05) is 6.42 Å². The Morgan fingerprint density at radius 2 is 2.22 bits per heavy atom. The van der Waals surface area contributed by atoms with E-state index in [9.17, 15) is 0 Å². The summed E-state index contributed by atoms with van der Waals surface area (Å²) in [4.78, 5) is 4.57. The Morgan fingerprint density at radius 1 is 1.39 bits per heavy atom. The molecule has 3 rings (SSSR count). The quantitative estimate of drug-likeness (QED) is 0.903. The molecular formula is C14H18N2O2. The zero-order chi connectivity index (χ0) is 12.4. The van der Waals surface area contributed by atoms with E-state index in [-0.39, 0.29) is 0 Å². The van der Waals surface area contributed by atoms with E-state index >= 15 is 0 Å². The fourth-order valence-corrected chi connectivity index (χ4v) is 2.55. The van der Waals surface area contributed by atoms with Gasteiger partial charge in [0.2, 0.25) is 0 Å². The van der Waals surface area contributed by atoms with Crippen molar-refractivity contribution in [1.82, 2.24) is 10.3 Å². The van der Waals surface area contributed by atoms with Crippen molar-refractivity contribution in [2.24, 2.45) is 5.92 Å². The first-order chi connectivity index (χ1) is 8.86. The average Bonchev–Trinajstić information content (AvgIpc) is 2.82. The largest absolute Gasteiger partial charge is 0.494 e. The molecule has 4 nitrogen and oxygen atoms in total. The van der Waals surface area contributed by atoms with Gasteiger partial charge in [0.15, 0.2) is 17.0 Å². The van der Waals surface area contributed by atoms with Gasteiger partial charge in [-0.2, -0.15) is 0 Å². The minimum absolute atomic E-state index is 0.685. The standard InChI is InChI=1S/C14H18N2O2/c1-17-11-3-2-4-12-14(11)16-13(18-12)9-10-5-7-15-8-6-10/h2-4,10,15H,5-9H2,1H3. The first-order valence-corrected chi connectivity index (χ1v) is 6.50. The normalized spacial score (nSPS) is 17.2. The number of aromatic nitrogens is 1. The maximum atomic E-state index is 5.80. The van der Waals surface area contributed by atoms with E-state index < -0.39 is 0 Å². The topological polar surface area (TPSA) is 47.3 Å². The van der Waals surface area contributed by atoms with E-state index in [0.717, 1.165) is 42.3 Å². The highest BCUT2D eigenvalue weighted by Crippen LogP contribution is 2.27. The van der Waals surface area contributed by atoms with E-state index in [1.165, 1.54) is 12.8 Å². The van der Waals surface area contributed by atoms with Crippen LogP contribution in [0.3, 0.4) is 0 Å². The van der Waals surface area contributed by atoms with Crippen LogP contribution in [0, 0.1) is 5.92 Å². The highest BCUT2D eigenvalue weighted by atomic mass is 16.5. The number of para-hydroxylation sites is 1. The molecule has 1 aromatic heterocycles. The third-order valence-electron chi connectivity index (χ3n) is 3.57. The minimum Gasteiger partial charge on any atom is -0.494 e. The van der Waals surface area contributed by atoms with Crippen LogP contribution in [0.5, 0.6) is 5.75 Å². The molecule has 1 fully saturated rings. The lowest BCUT2D eigenvalue weighted by atomic mass is 9.95. The molecule has 2 aromatic rings. The number of piperidine rings is 1. The highest BCUT2D eigenvalue weighted by molar-refractivity contribution is 5.79. The van der Waals surface area contributed by atoms with Crippen molar-refractivity contribution in [2.75, 3.05) is 20.2 Å². The van der Waals surface area contributed by atoms with Crippen LogP contribution >= 0.6 is 0 Å². The van der Waals surface area contributed by atoms with Crippen LogP contribution in [0.4, 0.5) is 0 Å². The summed E-state index contributed by atoms with van der Waals surface area (Å²) >= 11 is 0. The van der Waals surface area contributed by atoms with E-state index in [1.54, 1.807) is 7.11 Å². The molecule has 1 aliphatic rings. The molecule has 1 aromatic carbocycles. The highest BCUT2D eigenvalue weighted by Gasteiger charge is 2.17. The number of hydrogen-bond acceptors (Lipinski definition) is 4. The van der Waals surface area contributed by atoms with Gasteiger partial charge in [-0.25, -0.2) is 4.98 Å². The molecule has 0 saturated carbocycles. The summed E-state index contributed by atoms with van der Waals surface area (Å²) in [6.45, 7) is 2.21. The van der Waals surface area contributed by atoms with Crippen molar-refractivity contribution >= 4 is 11.1 Å². The van der Waals surface area contributed by atoms with Crippen molar-refractivity contribution in [2.45, 2.75) is 19.3 Å². The van der Waals surface area contributed by atoms with Crippen molar-refractivity contribution in [3.8, 4) is 5.75 Å². The molecule has 1 aliphatic heterocycles. The van der Waals surface area contributed by atoms with Crippen LogP contribution in [0.25, 0.3) is 11.1 Å². The molecule has 0 amide bonds. The summed E-state index contributed by atoms with van der Waals surface area (Å²) in [6, 6.07) is 5.79. The van der Waals surface area contributed by atoms with Gasteiger partial charge in [0.05, 0.1) is 7.11 Å². The second kappa shape index (κ2) is 4.98. The molecule has 0 bridgehead atoms. The number of oxazole rings is 1. The molecule has 18 heavy (non-hydrogen) atoms. The summed E-state index contributed by atoms with van der Waals surface area (Å²) < 4.78 is 11.1. The molecule has 0 spiro atoms. The predicted molar refractivity (Wildman–Crippen MR) is 69.9 cm³/mol. The Balaban J connectivity index is 1.84. The lowest BCUT2D eigenvalue weighted by molar-refractivity contribution is 0.346. The lowest BCUT2D eigenvalue weighted by Crippen LogP contribution is -2.28. The van der Waals surface area contributed by atoms with Gasteiger partial charge in [-0.3, -0.25) is 0 Å². The Labute approximate surface area is 106 Å². The van der Waals surface area contributed by atoms with Gasteiger partial charge >= 0.3 is 0 Å². The molecule has 0 unspecified atom stereocenters. The van der Waals surface area contributed by atoms with Gasteiger partial charge < -0.3 is 14.5 Å². The summed E-state index contributed by atoms with van der Waals surface area (Å²) in [5.41, 5.74) is 1.65. The first-order valence-electron chi connectivity index (χ1n) is 6.50. The Hall–Kier alpha value is -1.55. The third kappa shape index (κ3) is 2.20. The van der Waals surface area contributed by atoms with Crippen molar-refractivity contribution < 1.29 is 9.15 Å². The number of fused-ring (bicyclic) bond motifs is 1. The number of rotatable bonds is 3. The van der Waals surface area contributed by atoms with E-state index in [2.05, 4.69) is 10.3 Å². The first kappa shape index (κ1) is 11.5. The number of methoxy groups -OCH3 is 1. The van der Waals surface area contributed by atoms with Gasteiger partial charge in [0.25, 0.3) is 0 Å². The fraction of sp³-hybridized carbons (Fsp3) is 0.500. The van der Waals surface area contributed by atoms with Crippen LogP contribution in [0.1, 0.15) is 18.7 Å². The maximum absolute atomic E-state index is 5.80. The van der Waals surface area contributed by atoms with Crippen LogP contribution in [0.2, 0.25) is 0 Å². The zero-order valence-corrected chi connectivity index (χ0v) is 10.6. The van der Waals surface area contributed by atoms with Gasteiger partial charge in [-0.1, -0.05) is 6.07 Å². The maximum Gasteiger partial charge on any atom is 0.195 e. The van der Waals surface area contributed by atoms with E-state index in [0.29, 0.717) is 5.92 Å². The van der Waals surface area contributed by atoms with Gasteiger partial charge in [0.1, 0.15) is 5.75 Å². The Kier molecular flexibility index (Phi) is 3.19. The smallest absolute Gasteiger partial charge is 0.195 e. The Morgan fingerprint density at radius 3 is 3.00 bits per heavy atom. The van der Waals surface area contributed by atoms with Crippen LogP contribution in [-0.2, 0) is 6.42 Å². The Bertz CT molecular complexity index is 530. The molecule has 0 radical (unpaired) electrons. The summed E-state index contributed by atoms with van der Waals surface area (Å²) in [5, 5.41) is 3.37. The van der Waals surface area contributed by atoms with Gasteiger partial charge in [-0.15, -0.1) is 0 Å². The number of ether oxygens (including phenoxy) is 1. The molecule has 2 heterocycles. The number of nitrogens with one attached hydrogen (secondary N) is 1. The number of hydrogen-bond donors (Lipinski definition) is 1. The predicted octanol–water partition coefficient (Wildman–Crippen LogP) is 2.38. The second-order valence-corrected chi connectivity index (χ2v) is 4.81. The zero-order valence-electron chi connectivity index (χ0n) is 10.6. The van der Waals surface area contributed by atoms with Crippen molar-refractivity contribution in [3.05, 3.63) is 24.1 Å². The number of nitrogens with zero attached hydrogens (tertiary/aromatic N) is 1. The lowest BCUT2D eigenvalue weighted by Gasteiger charge is -2.20.